The van der Waals surface area contributed by atoms with E-state index >= 15 is 0 Å². The van der Waals surface area contributed by atoms with Crippen LogP contribution in [0, 0.1) is 5.92 Å². The van der Waals surface area contributed by atoms with Gasteiger partial charge >= 0.3 is 0 Å². The average molecular weight is 245 g/mol. The molecule has 1 saturated carbocycles. The van der Waals surface area contributed by atoms with Crippen LogP contribution in [0.1, 0.15) is 37.4 Å². The molecule has 82 valence electrons. The molecule has 1 unspecified atom stereocenters. The Kier molecular flexibility index (Phi) is 3.55. The van der Waals surface area contributed by atoms with Crippen LogP contribution >= 0.6 is 23.2 Å². The Hall–Kier alpha value is -0.240. The first kappa shape index (κ1) is 11.3. The quantitative estimate of drug-likeness (QED) is 0.842. The van der Waals surface area contributed by atoms with Gasteiger partial charge in [0.1, 0.15) is 0 Å². The monoisotopic (exact) mass is 244 g/mol. The molecule has 0 aliphatic heterocycles. The molecule has 0 radical (unpaired) electrons. The Bertz CT molecular complexity index is 347. The fraction of sp³-hybridized carbons (Fsp3) is 0.500. The number of hydrogen-bond donors (Lipinski definition) is 1. The SMILES string of the molecule is OC(CCC1CC1)c1cccc(Cl)c1Cl. The van der Waals surface area contributed by atoms with Crippen LogP contribution in [0.4, 0.5) is 0 Å². The summed E-state index contributed by atoms with van der Waals surface area (Å²) in [6.07, 6.45) is 4.03. The summed E-state index contributed by atoms with van der Waals surface area (Å²) < 4.78 is 0. The number of aliphatic hydroxyl groups is 1. The van der Waals surface area contributed by atoms with Crippen LogP contribution in [0.2, 0.25) is 10.0 Å². The summed E-state index contributed by atoms with van der Waals surface area (Å²) in [7, 11) is 0. The van der Waals surface area contributed by atoms with Gasteiger partial charge in [0.15, 0.2) is 0 Å². The van der Waals surface area contributed by atoms with Crippen LogP contribution in [0.15, 0.2) is 18.2 Å². The maximum Gasteiger partial charge on any atom is 0.0805 e. The lowest BCUT2D eigenvalue weighted by molar-refractivity contribution is 0.162. The Morgan fingerprint density at radius 3 is 2.73 bits per heavy atom. The molecule has 1 fully saturated rings. The highest BCUT2D eigenvalue weighted by molar-refractivity contribution is 6.42. The van der Waals surface area contributed by atoms with Gasteiger partial charge in [0.25, 0.3) is 0 Å². The van der Waals surface area contributed by atoms with E-state index in [9.17, 15) is 5.11 Å². The lowest BCUT2D eigenvalue weighted by atomic mass is 10.0. The first-order valence-corrected chi connectivity index (χ1v) is 6.06. The zero-order valence-electron chi connectivity index (χ0n) is 8.42. The largest absolute Gasteiger partial charge is 0.388 e. The Morgan fingerprint density at radius 2 is 2.07 bits per heavy atom. The minimum absolute atomic E-state index is 0.475. The van der Waals surface area contributed by atoms with Gasteiger partial charge in [-0.25, -0.2) is 0 Å². The van der Waals surface area contributed by atoms with Gasteiger partial charge in [0.05, 0.1) is 16.1 Å². The normalized spacial score (nSPS) is 17.8. The topological polar surface area (TPSA) is 20.2 Å². The highest BCUT2D eigenvalue weighted by atomic mass is 35.5. The molecule has 1 aliphatic rings. The molecule has 1 N–H and O–H groups in total. The molecule has 1 atom stereocenters. The Balaban J connectivity index is 2.02. The van der Waals surface area contributed by atoms with Crippen LogP contribution in [0.25, 0.3) is 0 Å². The first-order chi connectivity index (χ1) is 7.18. The number of hydrogen-bond acceptors (Lipinski definition) is 1. The second-order valence-electron chi connectivity index (χ2n) is 4.18. The predicted molar refractivity (Wildman–Crippen MR) is 63.4 cm³/mol. The van der Waals surface area contributed by atoms with Gasteiger partial charge in [-0.15, -0.1) is 0 Å². The lowest BCUT2D eigenvalue weighted by Crippen LogP contribution is -1.99. The molecule has 15 heavy (non-hydrogen) atoms. The van der Waals surface area contributed by atoms with Crippen LogP contribution < -0.4 is 0 Å². The van der Waals surface area contributed by atoms with Crippen molar-refractivity contribution in [1.82, 2.24) is 0 Å². The fourth-order valence-corrected chi connectivity index (χ4v) is 2.17. The van der Waals surface area contributed by atoms with E-state index < -0.39 is 6.10 Å². The molecule has 3 heteroatoms. The van der Waals surface area contributed by atoms with Gasteiger partial charge in [0, 0.05) is 5.56 Å². The number of halogens is 2. The average Bonchev–Trinajstić information content (AvgIpc) is 3.02. The third-order valence-electron chi connectivity index (χ3n) is 2.89. The molecule has 1 aliphatic carbocycles. The van der Waals surface area contributed by atoms with Crippen molar-refractivity contribution >= 4 is 23.2 Å². The van der Waals surface area contributed by atoms with Crippen LogP contribution in [-0.2, 0) is 0 Å². The summed E-state index contributed by atoms with van der Waals surface area (Å²) in [5, 5.41) is 11.0. The second-order valence-corrected chi connectivity index (χ2v) is 4.96. The van der Waals surface area contributed by atoms with E-state index in [1.54, 1.807) is 6.07 Å². The van der Waals surface area contributed by atoms with Gasteiger partial charge in [-0.2, -0.15) is 0 Å². The van der Waals surface area contributed by atoms with Crippen molar-refractivity contribution in [1.29, 1.82) is 0 Å². The molecule has 1 nitrogen and oxygen atoms in total. The van der Waals surface area contributed by atoms with Crippen molar-refractivity contribution in [3.63, 3.8) is 0 Å². The summed E-state index contributed by atoms with van der Waals surface area (Å²) in [4.78, 5) is 0. The first-order valence-electron chi connectivity index (χ1n) is 5.30. The molecule has 0 saturated heterocycles. The van der Waals surface area contributed by atoms with E-state index in [1.807, 2.05) is 12.1 Å². The van der Waals surface area contributed by atoms with Crippen molar-refractivity contribution in [3.05, 3.63) is 33.8 Å². The van der Waals surface area contributed by atoms with E-state index in [0.717, 1.165) is 24.3 Å². The minimum Gasteiger partial charge on any atom is -0.388 e. The smallest absolute Gasteiger partial charge is 0.0805 e. The highest BCUT2D eigenvalue weighted by Crippen LogP contribution is 2.37. The van der Waals surface area contributed by atoms with Gasteiger partial charge in [0.2, 0.25) is 0 Å². The van der Waals surface area contributed by atoms with E-state index in [4.69, 9.17) is 23.2 Å². The van der Waals surface area contributed by atoms with Crippen molar-refractivity contribution < 1.29 is 5.11 Å². The van der Waals surface area contributed by atoms with Crippen molar-refractivity contribution in [2.75, 3.05) is 0 Å². The van der Waals surface area contributed by atoms with E-state index in [1.165, 1.54) is 12.8 Å². The molecular weight excluding hydrogens is 231 g/mol. The fourth-order valence-electron chi connectivity index (χ4n) is 1.73. The lowest BCUT2D eigenvalue weighted by Gasteiger charge is -2.12. The number of rotatable bonds is 4. The zero-order chi connectivity index (χ0) is 10.8. The van der Waals surface area contributed by atoms with E-state index in [-0.39, 0.29) is 0 Å². The summed E-state index contributed by atoms with van der Waals surface area (Å²) >= 11 is 11.9. The summed E-state index contributed by atoms with van der Waals surface area (Å²) in [5.41, 5.74) is 0.754. The van der Waals surface area contributed by atoms with Gasteiger partial charge in [-0.1, -0.05) is 48.2 Å². The van der Waals surface area contributed by atoms with Crippen LogP contribution in [-0.4, -0.2) is 5.11 Å². The van der Waals surface area contributed by atoms with Gasteiger partial charge in [-0.3, -0.25) is 0 Å². The third kappa shape index (κ3) is 2.87. The molecule has 1 aromatic rings. The molecule has 0 amide bonds. The molecule has 0 aromatic heterocycles. The predicted octanol–water partition coefficient (Wildman–Crippen LogP) is 4.22. The standard InChI is InChI=1S/C12H14Cl2O/c13-10-3-1-2-9(12(10)14)11(15)7-6-8-4-5-8/h1-3,8,11,15H,4-7H2. The van der Waals surface area contributed by atoms with Crippen molar-refractivity contribution in [2.45, 2.75) is 31.8 Å². The molecule has 0 spiro atoms. The summed E-state index contributed by atoms with van der Waals surface area (Å²) in [5.74, 6) is 0.831. The van der Waals surface area contributed by atoms with Crippen LogP contribution in [0.3, 0.4) is 0 Å². The van der Waals surface area contributed by atoms with Crippen molar-refractivity contribution in [3.8, 4) is 0 Å². The molecule has 2 rings (SSSR count). The second kappa shape index (κ2) is 4.73. The number of aliphatic hydroxyl groups excluding tert-OH is 1. The maximum absolute atomic E-state index is 9.96. The van der Waals surface area contributed by atoms with E-state index in [2.05, 4.69) is 0 Å². The number of benzene rings is 1. The summed E-state index contributed by atoms with van der Waals surface area (Å²) in [6, 6.07) is 5.40. The molecular formula is C12H14Cl2O. The Labute approximate surface area is 100 Å². The molecule has 1 aromatic carbocycles. The van der Waals surface area contributed by atoms with Gasteiger partial charge < -0.3 is 5.11 Å². The van der Waals surface area contributed by atoms with Crippen molar-refractivity contribution in [2.24, 2.45) is 5.92 Å². The summed E-state index contributed by atoms with van der Waals surface area (Å²) in [6.45, 7) is 0. The van der Waals surface area contributed by atoms with Gasteiger partial charge in [-0.05, 0) is 24.8 Å². The highest BCUT2D eigenvalue weighted by Gasteiger charge is 2.23. The zero-order valence-corrected chi connectivity index (χ0v) is 9.93. The van der Waals surface area contributed by atoms with E-state index in [0.29, 0.717) is 10.0 Å². The molecule has 0 heterocycles. The Morgan fingerprint density at radius 1 is 1.33 bits per heavy atom. The third-order valence-corrected chi connectivity index (χ3v) is 3.72. The minimum atomic E-state index is -0.475. The maximum atomic E-state index is 9.96. The van der Waals surface area contributed by atoms with Crippen LogP contribution in [0.5, 0.6) is 0 Å². The molecule has 0 bridgehead atoms.